The van der Waals surface area contributed by atoms with Crippen LogP contribution in [-0.2, 0) is 0 Å². The van der Waals surface area contributed by atoms with Crippen molar-refractivity contribution in [2.45, 2.75) is 18.9 Å². The number of hydrogen-bond donors (Lipinski definition) is 1. The van der Waals surface area contributed by atoms with Gasteiger partial charge in [-0.05, 0) is 31.5 Å². The maximum absolute atomic E-state index is 13.7. The van der Waals surface area contributed by atoms with Crippen LogP contribution < -0.4 is 5.32 Å². The lowest BCUT2D eigenvalue weighted by molar-refractivity contribution is 0.0703. The third kappa shape index (κ3) is 3.04. The van der Waals surface area contributed by atoms with E-state index in [4.69, 9.17) is 11.6 Å². The summed E-state index contributed by atoms with van der Waals surface area (Å²) in [5.74, 6) is -2.12. The van der Waals surface area contributed by atoms with E-state index in [1.54, 1.807) is 7.05 Å². The minimum absolute atomic E-state index is 0.000565. The fourth-order valence-electron chi connectivity index (χ4n) is 2.21. The van der Waals surface area contributed by atoms with Gasteiger partial charge in [0.25, 0.3) is 5.91 Å². The highest BCUT2D eigenvalue weighted by molar-refractivity contribution is 6.30. The molecule has 1 amide bonds. The molecule has 1 aromatic carbocycles. The molecule has 3 nitrogen and oxygen atoms in total. The number of carbonyl (C=O) groups is 1. The Balaban J connectivity index is 2.21. The standard InChI is InChI=1S/C13H15ClF2N2O/c1-18(8-3-2-4-17-7-8)13(19)9-5-12(16)10(14)6-11(9)15/h5-6,8,17H,2-4,7H2,1H3. The molecule has 0 radical (unpaired) electrons. The van der Waals surface area contributed by atoms with Crippen molar-refractivity contribution in [3.63, 3.8) is 0 Å². The van der Waals surface area contributed by atoms with E-state index < -0.39 is 17.5 Å². The highest BCUT2D eigenvalue weighted by atomic mass is 35.5. The van der Waals surface area contributed by atoms with Gasteiger partial charge in [0.2, 0.25) is 0 Å². The number of hydrogen-bond acceptors (Lipinski definition) is 2. The molecule has 1 aromatic rings. The normalized spacial score (nSPS) is 19.3. The van der Waals surface area contributed by atoms with E-state index in [-0.39, 0.29) is 16.6 Å². The quantitative estimate of drug-likeness (QED) is 0.848. The summed E-state index contributed by atoms with van der Waals surface area (Å²) in [6.45, 7) is 1.59. The van der Waals surface area contributed by atoms with Gasteiger partial charge >= 0.3 is 0 Å². The van der Waals surface area contributed by atoms with Crippen LogP contribution >= 0.6 is 11.6 Å². The highest BCUT2D eigenvalue weighted by Crippen LogP contribution is 2.21. The molecule has 104 valence electrons. The first-order chi connectivity index (χ1) is 9.00. The average Bonchev–Trinajstić information content (AvgIpc) is 2.42. The molecule has 0 spiro atoms. The van der Waals surface area contributed by atoms with Crippen LogP contribution in [-0.4, -0.2) is 37.0 Å². The van der Waals surface area contributed by atoms with Crippen LogP contribution in [0.5, 0.6) is 0 Å². The van der Waals surface area contributed by atoms with E-state index in [2.05, 4.69) is 5.32 Å². The fraction of sp³-hybridized carbons (Fsp3) is 0.462. The maximum atomic E-state index is 13.7. The van der Waals surface area contributed by atoms with Gasteiger partial charge in [0.15, 0.2) is 0 Å². The van der Waals surface area contributed by atoms with Crippen LogP contribution in [0.3, 0.4) is 0 Å². The second-order valence-corrected chi connectivity index (χ2v) is 5.07. The molecule has 6 heteroatoms. The zero-order valence-electron chi connectivity index (χ0n) is 10.5. The molecular weight excluding hydrogens is 274 g/mol. The first-order valence-electron chi connectivity index (χ1n) is 6.13. The van der Waals surface area contributed by atoms with Gasteiger partial charge in [-0.15, -0.1) is 0 Å². The Labute approximate surface area is 115 Å². The van der Waals surface area contributed by atoms with Gasteiger partial charge in [-0.25, -0.2) is 8.78 Å². The molecule has 2 rings (SSSR count). The Bertz CT molecular complexity index is 490. The smallest absolute Gasteiger partial charge is 0.256 e. The van der Waals surface area contributed by atoms with Gasteiger partial charge in [0.05, 0.1) is 10.6 Å². The van der Waals surface area contributed by atoms with Crippen molar-refractivity contribution in [3.05, 3.63) is 34.4 Å². The number of likely N-dealkylation sites (N-methyl/N-ethyl adjacent to an activating group) is 1. The summed E-state index contributed by atoms with van der Waals surface area (Å²) in [5, 5.41) is 2.85. The number of benzene rings is 1. The van der Waals surface area contributed by atoms with Crippen LogP contribution in [0.15, 0.2) is 12.1 Å². The minimum Gasteiger partial charge on any atom is -0.337 e. The molecule has 1 aliphatic rings. The van der Waals surface area contributed by atoms with E-state index in [0.717, 1.165) is 31.5 Å². The van der Waals surface area contributed by atoms with Crippen LogP contribution in [0.1, 0.15) is 23.2 Å². The zero-order chi connectivity index (χ0) is 14.0. The Morgan fingerprint density at radius 1 is 1.42 bits per heavy atom. The Kier molecular flexibility index (Phi) is 4.37. The minimum atomic E-state index is -0.799. The molecule has 1 atom stereocenters. The molecule has 1 aliphatic heterocycles. The van der Waals surface area contributed by atoms with E-state index in [9.17, 15) is 13.6 Å². The Hall–Kier alpha value is -1.20. The molecular formula is C13H15ClF2N2O. The van der Waals surface area contributed by atoms with Crippen molar-refractivity contribution in [2.75, 3.05) is 20.1 Å². The fourth-order valence-corrected chi connectivity index (χ4v) is 2.36. The van der Waals surface area contributed by atoms with Gasteiger partial charge < -0.3 is 10.2 Å². The zero-order valence-corrected chi connectivity index (χ0v) is 11.3. The van der Waals surface area contributed by atoms with E-state index >= 15 is 0 Å². The lowest BCUT2D eigenvalue weighted by atomic mass is 10.0. The number of amides is 1. The van der Waals surface area contributed by atoms with Gasteiger partial charge in [-0.1, -0.05) is 11.6 Å². The Morgan fingerprint density at radius 3 is 2.79 bits per heavy atom. The first kappa shape index (κ1) is 14.2. The second kappa shape index (κ2) is 5.84. The van der Waals surface area contributed by atoms with Gasteiger partial charge in [0, 0.05) is 19.6 Å². The summed E-state index contributed by atoms with van der Waals surface area (Å²) in [4.78, 5) is 13.6. The first-order valence-corrected chi connectivity index (χ1v) is 6.51. The molecule has 19 heavy (non-hydrogen) atoms. The number of nitrogens with one attached hydrogen (secondary N) is 1. The summed E-state index contributed by atoms with van der Waals surface area (Å²) >= 11 is 5.47. The number of piperidine rings is 1. The third-order valence-electron chi connectivity index (χ3n) is 3.38. The number of halogens is 3. The maximum Gasteiger partial charge on any atom is 0.256 e. The largest absolute Gasteiger partial charge is 0.337 e. The van der Waals surface area contributed by atoms with Crippen molar-refractivity contribution in [2.24, 2.45) is 0 Å². The van der Waals surface area contributed by atoms with E-state index in [1.165, 1.54) is 4.90 Å². The van der Waals surface area contributed by atoms with Gasteiger partial charge in [-0.2, -0.15) is 0 Å². The number of carbonyl (C=O) groups excluding carboxylic acids is 1. The summed E-state index contributed by atoms with van der Waals surface area (Å²) < 4.78 is 27.0. The number of rotatable bonds is 2. The average molecular weight is 289 g/mol. The molecule has 0 saturated carbocycles. The van der Waals surface area contributed by atoms with Crippen molar-refractivity contribution in [1.82, 2.24) is 10.2 Å². The third-order valence-corrected chi connectivity index (χ3v) is 3.67. The van der Waals surface area contributed by atoms with Crippen LogP contribution in [0, 0.1) is 11.6 Å². The van der Waals surface area contributed by atoms with Gasteiger partial charge in [-0.3, -0.25) is 4.79 Å². The topological polar surface area (TPSA) is 32.3 Å². The predicted molar refractivity (Wildman–Crippen MR) is 69.4 cm³/mol. The molecule has 0 bridgehead atoms. The highest BCUT2D eigenvalue weighted by Gasteiger charge is 2.25. The summed E-state index contributed by atoms with van der Waals surface area (Å²) in [6.07, 6.45) is 1.81. The molecule has 1 heterocycles. The van der Waals surface area contributed by atoms with E-state index in [0.29, 0.717) is 6.54 Å². The van der Waals surface area contributed by atoms with Crippen LogP contribution in [0.25, 0.3) is 0 Å². The van der Waals surface area contributed by atoms with Crippen LogP contribution in [0.2, 0.25) is 5.02 Å². The molecule has 1 N–H and O–H groups in total. The Morgan fingerprint density at radius 2 is 2.16 bits per heavy atom. The summed E-state index contributed by atoms with van der Waals surface area (Å²) in [6, 6.07) is 1.68. The number of nitrogens with zero attached hydrogens (tertiary/aromatic N) is 1. The molecule has 0 aromatic heterocycles. The lowest BCUT2D eigenvalue weighted by Crippen LogP contribution is -2.46. The van der Waals surface area contributed by atoms with Crippen LogP contribution in [0.4, 0.5) is 8.78 Å². The summed E-state index contributed by atoms with van der Waals surface area (Å²) in [7, 11) is 1.60. The van der Waals surface area contributed by atoms with E-state index in [1.807, 2.05) is 0 Å². The SMILES string of the molecule is CN(C(=O)c1cc(F)c(Cl)cc1F)C1CCCNC1. The molecule has 1 fully saturated rings. The predicted octanol–water partition coefficient (Wildman–Crippen LogP) is 2.44. The molecule has 1 unspecified atom stereocenters. The molecule has 0 aliphatic carbocycles. The van der Waals surface area contributed by atoms with Crippen molar-refractivity contribution >= 4 is 17.5 Å². The second-order valence-electron chi connectivity index (χ2n) is 4.66. The van der Waals surface area contributed by atoms with Gasteiger partial charge in [0.1, 0.15) is 11.6 Å². The van der Waals surface area contributed by atoms with Crippen molar-refractivity contribution in [3.8, 4) is 0 Å². The monoisotopic (exact) mass is 288 g/mol. The lowest BCUT2D eigenvalue weighted by Gasteiger charge is -2.31. The van der Waals surface area contributed by atoms with Crippen molar-refractivity contribution in [1.29, 1.82) is 0 Å². The van der Waals surface area contributed by atoms with Crippen molar-refractivity contribution < 1.29 is 13.6 Å². The summed E-state index contributed by atoms with van der Waals surface area (Å²) in [5.41, 5.74) is -0.282. The molecule has 1 saturated heterocycles.